The second kappa shape index (κ2) is 5.90. The Morgan fingerprint density at radius 2 is 1.91 bits per heavy atom. The first-order valence-electron chi connectivity index (χ1n) is 4.53. The van der Waals surface area contributed by atoms with Crippen molar-refractivity contribution in [3.8, 4) is 0 Å². The molecule has 0 amide bonds. The van der Waals surface area contributed by atoms with Crippen molar-refractivity contribution in [1.29, 1.82) is 0 Å². The molecule has 0 radical (unpaired) electrons. The normalized spacial score (nSPS) is 25.1. The number of hydrogen-bond acceptors (Lipinski definition) is 2. The van der Waals surface area contributed by atoms with E-state index in [4.69, 9.17) is 0 Å². The minimum atomic E-state index is 0.782. The van der Waals surface area contributed by atoms with E-state index < -0.39 is 0 Å². The molecule has 1 aliphatic rings. The van der Waals surface area contributed by atoms with Gasteiger partial charge in [-0.25, -0.2) is 0 Å². The zero-order valence-electron chi connectivity index (χ0n) is 8.42. The average molecular weight is 175 g/mol. The summed E-state index contributed by atoms with van der Waals surface area (Å²) < 4.78 is 0. The van der Waals surface area contributed by atoms with Gasteiger partial charge in [-0.2, -0.15) is 0 Å². The maximum absolute atomic E-state index is 2.44. The molecule has 1 atom stereocenters. The van der Waals surface area contributed by atoms with Gasteiger partial charge in [0.1, 0.15) is 0 Å². The molecular weight excluding hydrogens is 154 g/mol. The topological polar surface area (TPSA) is 3.24 Å². The highest BCUT2D eigenvalue weighted by Crippen LogP contribution is 2.27. The van der Waals surface area contributed by atoms with E-state index in [1.54, 1.807) is 0 Å². The molecule has 1 heterocycles. The fourth-order valence-electron chi connectivity index (χ4n) is 1.27. The van der Waals surface area contributed by atoms with Crippen LogP contribution in [-0.4, -0.2) is 29.6 Å². The van der Waals surface area contributed by atoms with Gasteiger partial charge in [0.2, 0.25) is 0 Å². The molecule has 1 rings (SSSR count). The van der Waals surface area contributed by atoms with Gasteiger partial charge in [-0.15, -0.1) is 11.8 Å². The molecule has 11 heavy (non-hydrogen) atoms. The Hall–Kier alpha value is 0.310. The lowest BCUT2D eigenvalue weighted by atomic mass is 10.2. The molecule has 68 valence electrons. The van der Waals surface area contributed by atoms with Crippen LogP contribution in [0.25, 0.3) is 0 Å². The van der Waals surface area contributed by atoms with Crippen LogP contribution in [0.4, 0.5) is 0 Å². The van der Waals surface area contributed by atoms with Crippen LogP contribution in [0.1, 0.15) is 27.7 Å². The maximum Gasteiger partial charge on any atom is 0.0578 e. The second-order valence-corrected chi connectivity index (χ2v) is 4.21. The first kappa shape index (κ1) is 11.3. The van der Waals surface area contributed by atoms with Crippen molar-refractivity contribution in [2.75, 3.05) is 19.3 Å². The molecule has 0 aromatic heterocycles. The van der Waals surface area contributed by atoms with E-state index in [1.807, 2.05) is 13.8 Å². The van der Waals surface area contributed by atoms with Gasteiger partial charge < -0.3 is 0 Å². The minimum Gasteiger partial charge on any atom is -0.294 e. The van der Waals surface area contributed by atoms with E-state index in [1.165, 1.54) is 12.3 Å². The molecule has 1 fully saturated rings. The Bertz CT molecular complexity index is 93.6. The summed E-state index contributed by atoms with van der Waals surface area (Å²) in [5, 5.41) is 0.782. The van der Waals surface area contributed by atoms with Gasteiger partial charge in [-0.05, 0) is 13.0 Å². The monoisotopic (exact) mass is 175 g/mol. The van der Waals surface area contributed by atoms with Crippen LogP contribution in [-0.2, 0) is 0 Å². The lowest BCUT2D eigenvalue weighted by Gasteiger charge is -2.21. The van der Waals surface area contributed by atoms with Crippen LogP contribution in [0.3, 0.4) is 0 Å². The van der Waals surface area contributed by atoms with Gasteiger partial charge in [-0.1, -0.05) is 27.7 Å². The summed E-state index contributed by atoms with van der Waals surface area (Å²) >= 11 is 2.08. The molecule has 2 heteroatoms. The highest BCUT2D eigenvalue weighted by atomic mass is 32.2. The summed E-state index contributed by atoms with van der Waals surface area (Å²) in [6.45, 7) is 9.85. The molecule has 1 aliphatic heterocycles. The lowest BCUT2D eigenvalue weighted by molar-refractivity contribution is 0.299. The molecular formula is C9H21NS. The summed E-state index contributed by atoms with van der Waals surface area (Å²) in [5.41, 5.74) is 0. The number of thioether (sulfide) groups is 1. The molecule has 0 aromatic rings. The Kier molecular flexibility index (Phi) is 6.06. The lowest BCUT2D eigenvalue weighted by Crippen LogP contribution is -2.27. The molecule has 0 spiro atoms. The van der Waals surface area contributed by atoms with Crippen molar-refractivity contribution in [2.24, 2.45) is 5.92 Å². The van der Waals surface area contributed by atoms with E-state index in [2.05, 4.69) is 37.6 Å². The third-order valence-corrected chi connectivity index (χ3v) is 3.40. The van der Waals surface area contributed by atoms with E-state index >= 15 is 0 Å². The molecule has 0 aromatic carbocycles. The van der Waals surface area contributed by atoms with E-state index in [9.17, 15) is 0 Å². The number of rotatable bonds is 1. The largest absolute Gasteiger partial charge is 0.294 e. The molecule has 0 aliphatic carbocycles. The fraction of sp³-hybridized carbons (Fsp3) is 1.00. The van der Waals surface area contributed by atoms with Crippen LogP contribution in [0, 0.1) is 5.92 Å². The van der Waals surface area contributed by atoms with Crippen molar-refractivity contribution < 1.29 is 0 Å². The zero-order chi connectivity index (χ0) is 8.85. The van der Waals surface area contributed by atoms with Gasteiger partial charge in [0.15, 0.2) is 0 Å². The second-order valence-electron chi connectivity index (χ2n) is 2.99. The molecule has 0 saturated carbocycles. The molecule has 1 nitrogen and oxygen atoms in total. The predicted octanol–water partition coefficient (Wildman–Crippen LogP) is 2.67. The molecule has 1 saturated heterocycles. The summed E-state index contributed by atoms with van der Waals surface area (Å²) in [6.07, 6.45) is 0. The average Bonchev–Trinajstić information content (AvgIpc) is 2.39. The maximum atomic E-state index is 2.44. The summed E-state index contributed by atoms with van der Waals surface area (Å²) in [4.78, 5) is 2.44. The van der Waals surface area contributed by atoms with Crippen LogP contribution in [0.15, 0.2) is 0 Å². The van der Waals surface area contributed by atoms with E-state index in [0.29, 0.717) is 0 Å². The Labute approximate surface area is 75.5 Å². The zero-order valence-corrected chi connectivity index (χ0v) is 9.24. The van der Waals surface area contributed by atoms with Crippen molar-refractivity contribution in [1.82, 2.24) is 4.90 Å². The number of hydrogen-bond donors (Lipinski definition) is 0. The summed E-state index contributed by atoms with van der Waals surface area (Å²) in [6, 6.07) is 0. The van der Waals surface area contributed by atoms with Crippen LogP contribution in [0.5, 0.6) is 0 Å². The van der Waals surface area contributed by atoms with Crippen LogP contribution < -0.4 is 0 Å². The minimum absolute atomic E-state index is 0.782. The third-order valence-electron chi connectivity index (χ3n) is 1.74. The van der Waals surface area contributed by atoms with Gasteiger partial charge in [-0.3, -0.25) is 4.90 Å². The van der Waals surface area contributed by atoms with Crippen LogP contribution in [0.2, 0.25) is 0 Å². The standard InChI is InChI=1S/C7H15NS.C2H6/c1-6(2)7-8(3)4-5-9-7;1-2/h6-7H,4-5H2,1-3H3;1-2H3. The van der Waals surface area contributed by atoms with Crippen molar-refractivity contribution in [2.45, 2.75) is 33.1 Å². The molecule has 0 bridgehead atoms. The summed E-state index contributed by atoms with van der Waals surface area (Å²) in [5.74, 6) is 2.13. The Balaban J connectivity index is 0.000000461. The van der Waals surface area contributed by atoms with E-state index in [0.717, 1.165) is 11.3 Å². The predicted molar refractivity (Wildman–Crippen MR) is 55.1 cm³/mol. The van der Waals surface area contributed by atoms with E-state index in [-0.39, 0.29) is 0 Å². The SMILES string of the molecule is CC.CC(C)C1SCCN1C. The van der Waals surface area contributed by atoms with Crippen molar-refractivity contribution in [3.63, 3.8) is 0 Å². The smallest absolute Gasteiger partial charge is 0.0578 e. The molecule has 0 N–H and O–H groups in total. The highest BCUT2D eigenvalue weighted by Gasteiger charge is 2.23. The Morgan fingerprint density at radius 3 is 2.09 bits per heavy atom. The van der Waals surface area contributed by atoms with Crippen molar-refractivity contribution >= 4 is 11.8 Å². The highest BCUT2D eigenvalue weighted by molar-refractivity contribution is 8.00. The number of nitrogens with zero attached hydrogens (tertiary/aromatic N) is 1. The summed E-state index contributed by atoms with van der Waals surface area (Å²) in [7, 11) is 2.21. The van der Waals surface area contributed by atoms with Crippen LogP contribution >= 0.6 is 11.8 Å². The van der Waals surface area contributed by atoms with Gasteiger partial charge in [0.05, 0.1) is 5.37 Å². The van der Waals surface area contributed by atoms with Gasteiger partial charge in [0.25, 0.3) is 0 Å². The van der Waals surface area contributed by atoms with Gasteiger partial charge in [0, 0.05) is 12.3 Å². The molecule has 1 unspecified atom stereocenters. The fourth-order valence-corrected chi connectivity index (χ4v) is 2.65. The van der Waals surface area contributed by atoms with Gasteiger partial charge >= 0.3 is 0 Å². The first-order valence-corrected chi connectivity index (χ1v) is 5.58. The Morgan fingerprint density at radius 1 is 1.36 bits per heavy atom. The quantitative estimate of drug-likeness (QED) is 0.603. The van der Waals surface area contributed by atoms with Crippen molar-refractivity contribution in [3.05, 3.63) is 0 Å². The third kappa shape index (κ3) is 3.48. The first-order chi connectivity index (χ1) is 5.22.